The molecule has 2 atom stereocenters. The Kier molecular flexibility index (Phi) is 3.02. The Hall–Kier alpha value is -1.26. The van der Waals surface area contributed by atoms with E-state index in [2.05, 4.69) is 5.16 Å². The Morgan fingerprint density at radius 3 is 2.35 bits per heavy atom. The summed E-state index contributed by atoms with van der Waals surface area (Å²) in [5.74, 6) is 1.30. The van der Waals surface area contributed by atoms with Gasteiger partial charge in [-0.25, -0.2) is 0 Å². The fourth-order valence-electron chi connectivity index (χ4n) is 3.03. The highest BCUT2D eigenvalue weighted by Crippen LogP contribution is 2.39. The van der Waals surface area contributed by atoms with Gasteiger partial charge in [0.2, 0.25) is 5.91 Å². The zero-order chi connectivity index (χ0) is 12.6. The van der Waals surface area contributed by atoms with Gasteiger partial charge in [0.1, 0.15) is 5.41 Å². The molecule has 0 aromatic rings. The summed E-state index contributed by atoms with van der Waals surface area (Å²) in [6.45, 7) is 5.09. The number of hydrogen-bond acceptors (Lipinski definition) is 3. The molecule has 1 saturated carbocycles. The van der Waals surface area contributed by atoms with E-state index in [0.29, 0.717) is 11.8 Å². The Morgan fingerprint density at radius 2 is 1.88 bits per heavy atom. The normalized spacial score (nSPS) is 29.5. The highest BCUT2D eigenvalue weighted by molar-refractivity contribution is 6.05. The highest BCUT2D eigenvalue weighted by Gasteiger charge is 2.43. The van der Waals surface area contributed by atoms with E-state index in [1.807, 2.05) is 4.90 Å². The van der Waals surface area contributed by atoms with Gasteiger partial charge in [-0.3, -0.25) is 4.79 Å². The number of rotatable bonds is 2. The largest absolute Gasteiger partial charge is 0.409 e. The summed E-state index contributed by atoms with van der Waals surface area (Å²) in [5, 5.41) is 11.7. The van der Waals surface area contributed by atoms with Crippen LogP contribution in [0.3, 0.4) is 0 Å². The van der Waals surface area contributed by atoms with Crippen LogP contribution in [0.4, 0.5) is 0 Å². The number of likely N-dealkylation sites (tertiary alicyclic amines) is 1. The number of nitrogens with zero attached hydrogens (tertiary/aromatic N) is 2. The van der Waals surface area contributed by atoms with Gasteiger partial charge >= 0.3 is 0 Å². The van der Waals surface area contributed by atoms with Crippen LogP contribution in [0.25, 0.3) is 0 Å². The molecule has 0 spiro atoms. The maximum absolute atomic E-state index is 12.4. The molecule has 0 aromatic carbocycles. The SMILES string of the molecule is CC(C)(C(=O)N1CC2CCCC2C1)C(N)=NO. The molecule has 1 aliphatic carbocycles. The van der Waals surface area contributed by atoms with Crippen LogP contribution in [0.1, 0.15) is 33.1 Å². The summed E-state index contributed by atoms with van der Waals surface area (Å²) in [6, 6.07) is 0. The molecule has 0 bridgehead atoms. The maximum Gasteiger partial charge on any atom is 0.235 e. The fourth-order valence-corrected chi connectivity index (χ4v) is 3.03. The van der Waals surface area contributed by atoms with Crippen LogP contribution in [0.2, 0.25) is 0 Å². The van der Waals surface area contributed by atoms with Gasteiger partial charge in [0.25, 0.3) is 0 Å². The first-order valence-corrected chi connectivity index (χ1v) is 6.24. The maximum atomic E-state index is 12.4. The first kappa shape index (κ1) is 12.2. The molecule has 2 aliphatic rings. The second kappa shape index (κ2) is 4.20. The predicted octanol–water partition coefficient (Wildman–Crippen LogP) is 1.02. The van der Waals surface area contributed by atoms with E-state index >= 15 is 0 Å². The lowest BCUT2D eigenvalue weighted by Crippen LogP contribution is -2.47. The molecular weight excluding hydrogens is 218 g/mol. The lowest BCUT2D eigenvalue weighted by molar-refractivity contribution is -0.136. The molecular formula is C12H21N3O2. The molecule has 2 rings (SSSR count). The van der Waals surface area contributed by atoms with Crippen LogP contribution in [0.15, 0.2) is 5.16 Å². The van der Waals surface area contributed by atoms with Gasteiger partial charge in [0.15, 0.2) is 5.84 Å². The highest BCUT2D eigenvalue weighted by atomic mass is 16.4. The van der Waals surface area contributed by atoms with E-state index in [-0.39, 0.29) is 11.7 Å². The number of carbonyl (C=O) groups excluding carboxylic acids is 1. The molecule has 1 aliphatic heterocycles. The number of amidine groups is 1. The summed E-state index contributed by atoms with van der Waals surface area (Å²) in [6.07, 6.45) is 3.76. The molecule has 1 saturated heterocycles. The summed E-state index contributed by atoms with van der Waals surface area (Å²) >= 11 is 0. The number of fused-ring (bicyclic) bond motifs is 1. The van der Waals surface area contributed by atoms with Crippen LogP contribution in [-0.4, -0.2) is 34.9 Å². The van der Waals surface area contributed by atoms with Crippen molar-refractivity contribution in [3.8, 4) is 0 Å². The van der Waals surface area contributed by atoms with E-state index in [9.17, 15) is 4.79 Å². The molecule has 1 amide bonds. The van der Waals surface area contributed by atoms with Crippen LogP contribution in [-0.2, 0) is 4.79 Å². The third-order valence-corrected chi connectivity index (χ3v) is 4.30. The first-order chi connectivity index (χ1) is 7.96. The van der Waals surface area contributed by atoms with Crippen LogP contribution >= 0.6 is 0 Å². The third-order valence-electron chi connectivity index (χ3n) is 4.30. The monoisotopic (exact) mass is 239 g/mol. The van der Waals surface area contributed by atoms with Gasteiger partial charge in [0, 0.05) is 13.1 Å². The van der Waals surface area contributed by atoms with E-state index in [4.69, 9.17) is 10.9 Å². The van der Waals surface area contributed by atoms with Gasteiger partial charge in [-0.2, -0.15) is 0 Å². The summed E-state index contributed by atoms with van der Waals surface area (Å²) in [7, 11) is 0. The molecule has 2 fully saturated rings. The predicted molar refractivity (Wildman–Crippen MR) is 64.6 cm³/mol. The Bertz CT molecular complexity index is 340. The molecule has 17 heavy (non-hydrogen) atoms. The lowest BCUT2D eigenvalue weighted by atomic mass is 9.90. The number of hydrogen-bond donors (Lipinski definition) is 2. The molecule has 2 unspecified atom stereocenters. The van der Waals surface area contributed by atoms with E-state index in [1.54, 1.807) is 13.8 Å². The van der Waals surface area contributed by atoms with Crippen LogP contribution in [0, 0.1) is 17.3 Å². The van der Waals surface area contributed by atoms with E-state index < -0.39 is 5.41 Å². The third kappa shape index (κ3) is 1.98. The minimum Gasteiger partial charge on any atom is -0.409 e. The Morgan fingerprint density at radius 1 is 1.35 bits per heavy atom. The average Bonchev–Trinajstić information content (AvgIpc) is 2.86. The van der Waals surface area contributed by atoms with Crippen molar-refractivity contribution in [3.63, 3.8) is 0 Å². The summed E-state index contributed by atoms with van der Waals surface area (Å²) < 4.78 is 0. The second-order valence-electron chi connectivity index (χ2n) is 5.77. The van der Waals surface area contributed by atoms with Crippen molar-refractivity contribution in [2.75, 3.05) is 13.1 Å². The topological polar surface area (TPSA) is 78.9 Å². The zero-order valence-corrected chi connectivity index (χ0v) is 10.5. The van der Waals surface area contributed by atoms with Crippen LogP contribution in [0.5, 0.6) is 0 Å². The van der Waals surface area contributed by atoms with Crippen molar-refractivity contribution < 1.29 is 10.0 Å². The van der Waals surface area contributed by atoms with Crippen molar-refractivity contribution in [2.45, 2.75) is 33.1 Å². The smallest absolute Gasteiger partial charge is 0.235 e. The molecule has 3 N–H and O–H groups in total. The number of nitrogens with two attached hydrogens (primary N) is 1. The molecule has 1 heterocycles. The van der Waals surface area contributed by atoms with E-state index in [1.165, 1.54) is 19.3 Å². The Balaban J connectivity index is 2.07. The van der Waals surface area contributed by atoms with Crippen molar-refractivity contribution in [2.24, 2.45) is 28.1 Å². The van der Waals surface area contributed by atoms with Gasteiger partial charge < -0.3 is 15.8 Å². The van der Waals surface area contributed by atoms with Crippen molar-refractivity contribution in [3.05, 3.63) is 0 Å². The quantitative estimate of drug-likeness (QED) is 0.327. The fraction of sp³-hybridized carbons (Fsp3) is 0.833. The molecule has 96 valence electrons. The van der Waals surface area contributed by atoms with Gasteiger partial charge in [-0.05, 0) is 38.5 Å². The molecule has 5 nitrogen and oxygen atoms in total. The summed E-state index contributed by atoms with van der Waals surface area (Å²) in [5.41, 5.74) is 4.68. The van der Waals surface area contributed by atoms with E-state index in [0.717, 1.165) is 13.1 Å². The number of amides is 1. The lowest BCUT2D eigenvalue weighted by Gasteiger charge is -2.28. The second-order valence-corrected chi connectivity index (χ2v) is 5.77. The van der Waals surface area contributed by atoms with Gasteiger partial charge in [0.05, 0.1) is 0 Å². The van der Waals surface area contributed by atoms with Gasteiger partial charge in [-0.1, -0.05) is 11.6 Å². The summed E-state index contributed by atoms with van der Waals surface area (Å²) in [4.78, 5) is 14.2. The van der Waals surface area contributed by atoms with Crippen LogP contribution < -0.4 is 5.73 Å². The Labute approximate surface area is 102 Å². The van der Waals surface area contributed by atoms with Crippen molar-refractivity contribution >= 4 is 11.7 Å². The molecule has 0 aromatic heterocycles. The number of oxime groups is 1. The number of carbonyl (C=O) groups is 1. The van der Waals surface area contributed by atoms with Gasteiger partial charge in [-0.15, -0.1) is 0 Å². The molecule has 5 heteroatoms. The first-order valence-electron chi connectivity index (χ1n) is 6.24. The minimum atomic E-state index is -0.909. The minimum absolute atomic E-state index is 0.0143. The van der Waals surface area contributed by atoms with Crippen molar-refractivity contribution in [1.29, 1.82) is 0 Å². The average molecular weight is 239 g/mol. The van der Waals surface area contributed by atoms with Crippen molar-refractivity contribution in [1.82, 2.24) is 4.90 Å². The molecule has 0 radical (unpaired) electrons. The zero-order valence-electron chi connectivity index (χ0n) is 10.5. The standard InChI is InChI=1S/C12H21N3O2/c1-12(2,10(13)14-17)11(16)15-6-8-4-3-5-9(8)7-15/h8-9,17H,3-7H2,1-2H3,(H2,13,14).